The van der Waals surface area contributed by atoms with Gasteiger partial charge in [0.25, 0.3) is 0 Å². The van der Waals surface area contributed by atoms with Gasteiger partial charge in [-0.1, -0.05) is 0 Å². The van der Waals surface area contributed by atoms with Gasteiger partial charge in [-0.05, 0) is 30.9 Å². The van der Waals surface area contributed by atoms with Crippen molar-refractivity contribution in [3.8, 4) is 0 Å². The number of nitrogen functional groups attached to an aromatic ring is 1. The highest BCUT2D eigenvalue weighted by Gasteiger charge is 2.16. The van der Waals surface area contributed by atoms with Crippen molar-refractivity contribution in [1.29, 1.82) is 0 Å². The fourth-order valence-electron chi connectivity index (χ4n) is 2.25. The Morgan fingerprint density at radius 1 is 1.44 bits per heavy atom. The van der Waals surface area contributed by atoms with Crippen LogP contribution < -0.4 is 11.1 Å². The molecule has 0 bridgehead atoms. The van der Waals surface area contributed by atoms with E-state index in [9.17, 15) is 0 Å². The maximum absolute atomic E-state index is 5.75. The van der Waals surface area contributed by atoms with Crippen molar-refractivity contribution in [2.45, 2.75) is 18.8 Å². The fourth-order valence-corrected chi connectivity index (χ4v) is 2.25. The van der Waals surface area contributed by atoms with Crippen LogP contribution >= 0.6 is 0 Å². The second-order valence-electron chi connectivity index (χ2n) is 4.30. The van der Waals surface area contributed by atoms with E-state index in [1.807, 2.05) is 12.4 Å². The minimum atomic E-state index is 0.552. The van der Waals surface area contributed by atoms with E-state index in [0.717, 1.165) is 18.7 Å². The number of hydrogen-bond acceptors (Lipinski definition) is 4. The van der Waals surface area contributed by atoms with Crippen molar-refractivity contribution in [1.82, 2.24) is 19.9 Å². The number of nitrogens with two attached hydrogens (primary N) is 1. The molecule has 1 atom stereocenters. The van der Waals surface area contributed by atoms with Gasteiger partial charge in [-0.3, -0.25) is 0 Å². The van der Waals surface area contributed by atoms with Gasteiger partial charge in [0.05, 0.1) is 11.9 Å². The molecule has 1 aliphatic heterocycles. The van der Waals surface area contributed by atoms with Crippen LogP contribution in [0, 0.1) is 0 Å². The highest BCUT2D eigenvalue weighted by molar-refractivity contribution is 5.62. The fraction of sp³-hybridized carbons (Fsp3) is 0.455. The van der Waals surface area contributed by atoms with Gasteiger partial charge >= 0.3 is 0 Å². The molecule has 3 N–H and O–H groups in total. The van der Waals surface area contributed by atoms with Crippen LogP contribution in [0.5, 0.6) is 0 Å². The predicted molar refractivity (Wildman–Crippen MR) is 62.2 cm³/mol. The summed E-state index contributed by atoms with van der Waals surface area (Å²) in [4.78, 5) is 4.36. The third-order valence-electron chi connectivity index (χ3n) is 3.17. The Balaban J connectivity index is 1.97. The third kappa shape index (κ3) is 1.53. The Morgan fingerprint density at radius 2 is 2.38 bits per heavy atom. The van der Waals surface area contributed by atoms with Gasteiger partial charge in [0, 0.05) is 18.9 Å². The van der Waals surface area contributed by atoms with E-state index >= 15 is 0 Å². The number of aromatic nitrogens is 3. The number of hydrogen-bond donors (Lipinski definition) is 2. The van der Waals surface area contributed by atoms with Crippen molar-refractivity contribution < 1.29 is 0 Å². The SMILES string of the molecule is Nc1cnn2cc(C3CCCNC3)cnc12. The van der Waals surface area contributed by atoms with Crippen molar-refractivity contribution in [2.75, 3.05) is 18.8 Å². The molecule has 3 heterocycles. The van der Waals surface area contributed by atoms with Crippen molar-refractivity contribution in [3.05, 3.63) is 24.2 Å². The molecule has 0 aromatic carbocycles. The second kappa shape index (κ2) is 3.75. The highest BCUT2D eigenvalue weighted by Crippen LogP contribution is 2.23. The molecule has 0 radical (unpaired) electrons. The van der Waals surface area contributed by atoms with Crippen LogP contribution in [-0.2, 0) is 0 Å². The summed E-state index contributed by atoms with van der Waals surface area (Å²) in [7, 11) is 0. The molecule has 84 valence electrons. The highest BCUT2D eigenvalue weighted by atomic mass is 15.2. The molecule has 1 aliphatic rings. The number of piperidine rings is 1. The number of fused-ring (bicyclic) bond motifs is 1. The molecule has 2 aromatic rings. The van der Waals surface area contributed by atoms with Crippen molar-refractivity contribution >= 4 is 11.3 Å². The van der Waals surface area contributed by atoms with Gasteiger partial charge in [0.15, 0.2) is 5.65 Å². The molecule has 5 nitrogen and oxygen atoms in total. The topological polar surface area (TPSA) is 68.2 Å². The van der Waals surface area contributed by atoms with Crippen LogP contribution in [0.25, 0.3) is 5.65 Å². The quantitative estimate of drug-likeness (QED) is 0.740. The van der Waals surface area contributed by atoms with Gasteiger partial charge < -0.3 is 11.1 Å². The number of anilines is 1. The molecule has 1 unspecified atom stereocenters. The standard InChI is InChI=1S/C11H15N5/c12-10-6-15-16-7-9(5-14-11(10)16)8-2-1-3-13-4-8/h5-8,13H,1-4,12H2. The summed E-state index contributed by atoms with van der Waals surface area (Å²) in [6, 6.07) is 0. The minimum Gasteiger partial charge on any atom is -0.394 e. The molecule has 5 heteroatoms. The molecular weight excluding hydrogens is 202 g/mol. The first-order chi connectivity index (χ1) is 7.84. The monoisotopic (exact) mass is 217 g/mol. The van der Waals surface area contributed by atoms with Crippen LogP contribution in [0.1, 0.15) is 24.3 Å². The molecule has 0 saturated carbocycles. The van der Waals surface area contributed by atoms with Crippen LogP contribution in [-0.4, -0.2) is 27.7 Å². The molecule has 16 heavy (non-hydrogen) atoms. The molecular formula is C11H15N5. The van der Waals surface area contributed by atoms with E-state index in [0.29, 0.717) is 11.6 Å². The Kier molecular flexibility index (Phi) is 2.25. The van der Waals surface area contributed by atoms with Crippen LogP contribution in [0.15, 0.2) is 18.6 Å². The summed E-state index contributed by atoms with van der Waals surface area (Å²) in [6.07, 6.45) is 8.05. The average molecular weight is 217 g/mol. The zero-order valence-electron chi connectivity index (χ0n) is 9.06. The van der Waals surface area contributed by atoms with Gasteiger partial charge in [-0.25, -0.2) is 9.50 Å². The molecule has 0 aliphatic carbocycles. The maximum Gasteiger partial charge on any atom is 0.178 e. The normalized spacial score (nSPS) is 21.4. The number of rotatable bonds is 1. The first-order valence-electron chi connectivity index (χ1n) is 5.64. The van der Waals surface area contributed by atoms with Gasteiger partial charge in [0.2, 0.25) is 0 Å². The van der Waals surface area contributed by atoms with Crippen LogP contribution in [0.2, 0.25) is 0 Å². The molecule has 2 aromatic heterocycles. The largest absolute Gasteiger partial charge is 0.394 e. The number of nitrogens with zero attached hydrogens (tertiary/aromatic N) is 3. The smallest absolute Gasteiger partial charge is 0.178 e. The third-order valence-corrected chi connectivity index (χ3v) is 3.17. The average Bonchev–Trinajstić information content (AvgIpc) is 2.72. The lowest BCUT2D eigenvalue weighted by molar-refractivity contribution is 0.459. The zero-order valence-corrected chi connectivity index (χ0v) is 9.06. The lowest BCUT2D eigenvalue weighted by atomic mass is 9.94. The van der Waals surface area contributed by atoms with Gasteiger partial charge in [-0.15, -0.1) is 0 Å². The summed E-state index contributed by atoms with van der Waals surface area (Å²) in [5, 5.41) is 7.59. The summed E-state index contributed by atoms with van der Waals surface area (Å²) in [6.45, 7) is 2.16. The Morgan fingerprint density at radius 3 is 3.19 bits per heavy atom. The van der Waals surface area contributed by atoms with E-state index in [1.165, 1.54) is 18.4 Å². The van der Waals surface area contributed by atoms with Crippen molar-refractivity contribution in [2.24, 2.45) is 0 Å². The van der Waals surface area contributed by atoms with E-state index in [4.69, 9.17) is 5.73 Å². The van der Waals surface area contributed by atoms with E-state index in [2.05, 4.69) is 15.4 Å². The predicted octanol–water partition coefficient (Wildman–Crippen LogP) is 0.778. The first-order valence-corrected chi connectivity index (χ1v) is 5.64. The van der Waals surface area contributed by atoms with E-state index in [-0.39, 0.29) is 0 Å². The van der Waals surface area contributed by atoms with E-state index < -0.39 is 0 Å². The first kappa shape index (κ1) is 9.59. The summed E-state index contributed by atoms with van der Waals surface area (Å²) in [5.74, 6) is 0.552. The molecule has 0 spiro atoms. The molecule has 0 amide bonds. The van der Waals surface area contributed by atoms with Gasteiger partial charge in [0.1, 0.15) is 0 Å². The van der Waals surface area contributed by atoms with Crippen LogP contribution in [0.4, 0.5) is 5.69 Å². The summed E-state index contributed by atoms with van der Waals surface area (Å²) in [5.41, 5.74) is 8.36. The van der Waals surface area contributed by atoms with Crippen LogP contribution in [0.3, 0.4) is 0 Å². The summed E-state index contributed by atoms with van der Waals surface area (Å²) < 4.78 is 1.76. The summed E-state index contributed by atoms with van der Waals surface area (Å²) >= 11 is 0. The maximum atomic E-state index is 5.75. The lowest BCUT2D eigenvalue weighted by Crippen LogP contribution is -2.28. The molecule has 3 rings (SSSR count). The second-order valence-corrected chi connectivity index (χ2v) is 4.30. The van der Waals surface area contributed by atoms with E-state index in [1.54, 1.807) is 10.7 Å². The minimum absolute atomic E-state index is 0.552. The zero-order chi connectivity index (χ0) is 11.0. The molecule has 1 saturated heterocycles. The Bertz CT molecular complexity index is 498. The van der Waals surface area contributed by atoms with Gasteiger partial charge in [-0.2, -0.15) is 5.10 Å². The Labute approximate surface area is 93.7 Å². The van der Waals surface area contributed by atoms with Crippen molar-refractivity contribution in [3.63, 3.8) is 0 Å². The lowest BCUT2D eigenvalue weighted by Gasteiger charge is -2.22. The number of nitrogens with one attached hydrogen (secondary N) is 1. The Hall–Kier alpha value is -1.62. The molecule has 1 fully saturated rings.